The number of nitrogens with two attached hydrogens (primary N) is 1. The van der Waals surface area contributed by atoms with Gasteiger partial charge in [0, 0.05) is 6.42 Å². The molecule has 0 aliphatic rings. The molecule has 3 heteroatoms. The van der Waals surface area contributed by atoms with Crippen LogP contribution in [-0.2, 0) is 4.79 Å². The van der Waals surface area contributed by atoms with Crippen LogP contribution < -0.4 is 10.5 Å². The number of aryl methyl sites for hydroxylation is 1. The van der Waals surface area contributed by atoms with Gasteiger partial charge in [0.2, 0.25) is 0 Å². The molecule has 0 aliphatic heterocycles. The van der Waals surface area contributed by atoms with E-state index in [-0.39, 0.29) is 5.97 Å². The number of hydrogen-bond acceptors (Lipinski definition) is 3. The zero-order chi connectivity index (χ0) is 11.1. The van der Waals surface area contributed by atoms with Crippen LogP contribution in [-0.4, -0.2) is 12.5 Å². The molecular weight excluding hydrogens is 190 g/mol. The maximum Gasteiger partial charge on any atom is 0.311 e. The Bertz CT molecular complexity index is 306. The van der Waals surface area contributed by atoms with Crippen LogP contribution in [0.3, 0.4) is 0 Å². The molecule has 1 aromatic carbocycles. The van der Waals surface area contributed by atoms with Gasteiger partial charge >= 0.3 is 5.97 Å². The Morgan fingerprint density at radius 1 is 1.27 bits per heavy atom. The highest BCUT2D eigenvalue weighted by atomic mass is 16.5. The lowest BCUT2D eigenvalue weighted by Gasteiger charge is -2.03. The van der Waals surface area contributed by atoms with Gasteiger partial charge in [-0.25, -0.2) is 0 Å². The molecule has 0 unspecified atom stereocenters. The Kier molecular flexibility index (Phi) is 4.84. The van der Waals surface area contributed by atoms with E-state index in [9.17, 15) is 4.79 Å². The van der Waals surface area contributed by atoms with Gasteiger partial charge in [0.15, 0.2) is 0 Å². The van der Waals surface area contributed by atoms with Gasteiger partial charge in [-0.05, 0) is 38.4 Å². The van der Waals surface area contributed by atoms with Crippen molar-refractivity contribution in [3.05, 3.63) is 29.8 Å². The van der Waals surface area contributed by atoms with Crippen LogP contribution in [0, 0.1) is 6.92 Å². The molecule has 0 spiro atoms. The summed E-state index contributed by atoms with van der Waals surface area (Å²) in [7, 11) is 0. The molecule has 0 saturated heterocycles. The largest absolute Gasteiger partial charge is 0.427 e. The average Bonchev–Trinajstić information content (AvgIpc) is 2.22. The van der Waals surface area contributed by atoms with Crippen molar-refractivity contribution in [1.82, 2.24) is 0 Å². The summed E-state index contributed by atoms with van der Waals surface area (Å²) in [5, 5.41) is 0. The fourth-order valence-electron chi connectivity index (χ4n) is 1.20. The smallest absolute Gasteiger partial charge is 0.311 e. The molecule has 0 fully saturated rings. The lowest BCUT2D eigenvalue weighted by atomic mass is 10.2. The quantitative estimate of drug-likeness (QED) is 0.456. The zero-order valence-electron chi connectivity index (χ0n) is 9.03. The molecule has 1 aromatic rings. The first-order valence-corrected chi connectivity index (χ1v) is 5.20. The minimum atomic E-state index is -0.188. The number of esters is 1. The van der Waals surface area contributed by atoms with Crippen molar-refractivity contribution in [2.75, 3.05) is 6.54 Å². The summed E-state index contributed by atoms with van der Waals surface area (Å²) in [5.74, 6) is 0.422. The van der Waals surface area contributed by atoms with Gasteiger partial charge in [-0.3, -0.25) is 4.79 Å². The van der Waals surface area contributed by atoms with Crippen LogP contribution in [0.1, 0.15) is 24.8 Å². The van der Waals surface area contributed by atoms with Gasteiger partial charge in [-0.15, -0.1) is 0 Å². The molecule has 0 atom stereocenters. The summed E-state index contributed by atoms with van der Waals surface area (Å²) >= 11 is 0. The fourth-order valence-corrected chi connectivity index (χ4v) is 1.20. The van der Waals surface area contributed by atoms with E-state index >= 15 is 0 Å². The van der Waals surface area contributed by atoms with Crippen LogP contribution >= 0.6 is 0 Å². The molecule has 1 rings (SSSR count). The summed E-state index contributed by atoms with van der Waals surface area (Å²) < 4.78 is 5.14. The van der Waals surface area contributed by atoms with Crippen LogP contribution in [0.5, 0.6) is 5.75 Å². The highest BCUT2D eigenvalue weighted by Crippen LogP contribution is 2.12. The molecule has 82 valence electrons. The van der Waals surface area contributed by atoms with Gasteiger partial charge in [0.25, 0.3) is 0 Å². The van der Waals surface area contributed by atoms with Crippen molar-refractivity contribution >= 4 is 5.97 Å². The molecule has 0 aromatic heterocycles. The van der Waals surface area contributed by atoms with Crippen molar-refractivity contribution in [2.24, 2.45) is 5.73 Å². The predicted octanol–water partition coefficient (Wildman–Crippen LogP) is 2.03. The SMILES string of the molecule is Cc1ccc(OC(=O)CCCCN)cc1. The van der Waals surface area contributed by atoms with Gasteiger partial charge < -0.3 is 10.5 Å². The summed E-state index contributed by atoms with van der Waals surface area (Å²) in [6.45, 7) is 2.62. The molecule has 3 nitrogen and oxygen atoms in total. The van der Waals surface area contributed by atoms with E-state index in [0.717, 1.165) is 18.4 Å². The summed E-state index contributed by atoms with van der Waals surface area (Å²) in [5.41, 5.74) is 6.48. The number of carbonyl (C=O) groups excluding carboxylic acids is 1. The first kappa shape index (κ1) is 11.7. The standard InChI is InChI=1S/C12H17NO2/c1-10-5-7-11(8-6-10)15-12(14)4-2-3-9-13/h5-8H,2-4,9,13H2,1H3. The van der Waals surface area contributed by atoms with Crippen molar-refractivity contribution in [2.45, 2.75) is 26.2 Å². The molecule has 0 heterocycles. The number of hydrogen-bond donors (Lipinski definition) is 1. The van der Waals surface area contributed by atoms with Crippen LogP contribution in [0.25, 0.3) is 0 Å². The monoisotopic (exact) mass is 207 g/mol. The Labute approximate surface area is 90.2 Å². The van der Waals surface area contributed by atoms with Crippen molar-refractivity contribution < 1.29 is 9.53 Å². The Morgan fingerprint density at radius 3 is 2.53 bits per heavy atom. The van der Waals surface area contributed by atoms with Crippen molar-refractivity contribution in [3.8, 4) is 5.75 Å². The molecular formula is C12H17NO2. The number of carbonyl (C=O) groups is 1. The van der Waals surface area contributed by atoms with E-state index in [1.807, 2.05) is 19.1 Å². The highest BCUT2D eigenvalue weighted by molar-refractivity contribution is 5.72. The normalized spacial score (nSPS) is 10.0. The average molecular weight is 207 g/mol. The van der Waals surface area contributed by atoms with Gasteiger partial charge in [-0.2, -0.15) is 0 Å². The minimum absolute atomic E-state index is 0.188. The highest BCUT2D eigenvalue weighted by Gasteiger charge is 2.03. The molecule has 2 N–H and O–H groups in total. The summed E-state index contributed by atoms with van der Waals surface area (Å²) in [6, 6.07) is 7.44. The van der Waals surface area contributed by atoms with Crippen LogP contribution in [0.4, 0.5) is 0 Å². The molecule has 0 bridgehead atoms. The van der Waals surface area contributed by atoms with E-state index in [1.54, 1.807) is 12.1 Å². The Balaban J connectivity index is 2.34. The number of rotatable bonds is 5. The second-order valence-corrected chi connectivity index (χ2v) is 3.53. The maximum absolute atomic E-state index is 11.3. The number of unbranched alkanes of at least 4 members (excludes halogenated alkanes) is 1. The van der Waals surface area contributed by atoms with Crippen LogP contribution in [0.2, 0.25) is 0 Å². The number of benzene rings is 1. The Hall–Kier alpha value is -1.35. The third-order valence-electron chi connectivity index (χ3n) is 2.09. The number of ether oxygens (including phenoxy) is 1. The molecule has 0 radical (unpaired) electrons. The zero-order valence-corrected chi connectivity index (χ0v) is 9.03. The summed E-state index contributed by atoms with van der Waals surface area (Å²) in [4.78, 5) is 11.3. The molecule has 15 heavy (non-hydrogen) atoms. The molecule has 0 aliphatic carbocycles. The van der Waals surface area contributed by atoms with Gasteiger partial charge in [-0.1, -0.05) is 17.7 Å². The topological polar surface area (TPSA) is 52.3 Å². The lowest BCUT2D eigenvalue weighted by molar-refractivity contribution is -0.134. The van der Waals surface area contributed by atoms with E-state index in [1.165, 1.54) is 0 Å². The lowest BCUT2D eigenvalue weighted by Crippen LogP contribution is -2.08. The second-order valence-electron chi connectivity index (χ2n) is 3.53. The van der Waals surface area contributed by atoms with Crippen molar-refractivity contribution in [1.29, 1.82) is 0 Å². The third kappa shape index (κ3) is 4.61. The maximum atomic E-state index is 11.3. The Morgan fingerprint density at radius 2 is 1.93 bits per heavy atom. The first-order valence-electron chi connectivity index (χ1n) is 5.20. The van der Waals surface area contributed by atoms with E-state index in [4.69, 9.17) is 10.5 Å². The molecule has 0 saturated carbocycles. The van der Waals surface area contributed by atoms with E-state index in [0.29, 0.717) is 18.7 Å². The molecule has 0 amide bonds. The minimum Gasteiger partial charge on any atom is -0.427 e. The van der Waals surface area contributed by atoms with E-state index in [2.05, 4.69) is 0 Å². The van der Waals surface area contributed by atoms with Gasteiger partial charge in [0.1, 0.15) is 5.75 Å². The van der Waals surface area contributed by atoms with Gasteiger partial charge in [0.05, 0.1) is 0 Å². The summed E-state index contributed by atoms with van der Waals surface area (Å²) in [6.07, 6.45) is 2.09. The second kappa shape index (κ2) is 6.19. The van der Waals surface area contributed by atoms with Crippen molar-refractivity contribution in [3.63, 3.8) is 0 Å². The van der Waals surface area contributed by atoms with Crippen LogP contribution in [0.15, 0.2) is 24.3 Å². The predicted molar refractivity (Wildman–Crippen MR) is 59.7 cm³/mol. The van der Waals surface area contributed by atoms with E-state index < -0.39 is 0 Å². The third-order valence-corrected chi connectivity index (χ3v) is 2.09. The fraction of sp³-hybridized carbons (Fsp3) is 0.417. The first-order chi connectivity index (χ1) is 7.22.